The molecule has 2 aromatic rings. The predicted octanol–water partition coefficient (Wildman–Crippen LogP) is 3.75. The first kappa shape index (κ1) is 15.6. The van der Waals surface area contributed by atoms with Crippen LogP contribution in [0.4, 0.5) is 5.69 Å². The first-order chi connectivity index (χ1) is 9.85. The van der Waals surface area contributed by atoms with Crippen LogP contribution < -0.4 is 4.90 Å². The molecule has 0 aromatic heterocycles. The van der Waals surface area contributed by atoms with Gasteiger partial charge < -0.3 is 9.64 Å². The normalized spacial score (nSPS) is 17.5. The number of benzene rings is 2. The number of anilines is 1. The van der Waals surface area contributed by atoms with Crippen LogP contribution in [-0.4, -0.2) is 26.3 Å². The molecular formula is C17H19ClN2O. The van der Waals surface area contributed by atoms with Crippen LogP contribution in [-0.2, 0) is 4.74 Å². The number of rotatable bonds is 3. The van der Waals surface area contributed by atoms with Crippen LogP contribution in [0.3, 0.4) is 0 Å². The number of halogens is 1. The summed E-state index contributed by atoms with van der Waals surface area (Å²) in [6.07, 6.45) is 2.37. The molecule has 0 aliphatic carbocycles. The van der Waals surface area contributed by atoms with E-state index in [4.69, 9.17) is 4.74 Å². The summed E-state index contributed by atoms with van der Waals surface area (Å²) in [5.41, 5.74) is 1.96. The van der Waals surface area contributed by atoms with Crippen LogP contribution in [0, 0.1) is 11.3 Å². The lowest BCUT2D eigenvalue weighted by atomic mass is 10.0. The lowest BCUT2D eigenvalue weighted by Crippen LogP contribution is -2.32. The number of hydrogen-bond donors (Lipinski definition) is 0. The molecule has 1 saturated heterocycles. The van der Waals surface area contributed by atoms with Gasteiger partial charge in [-0.3, -0.25) is 0 Å². The number of nitriles is 1. The molecule has 1 fully saturated rings. The highest BCUT2D eigenvalue weighted by Crippen LogP contribution is 2.33. The van der Waals surface area contributed by atoms with Crippen molar-refractivity contribution in [2.24, 2.45) is 0 Å². The molecule has 3 rings (SSSR count). The number of nitrogens with zero attached hydrogens (tertiary/aromatic N) is 2. The van der Waals surface area contributed by atoms with Crippen molar-refractivity contribution in [3.8, 4) is 6.07 Å². The quantitative estimate of drug-likeness (QED) is 0.866. The monoisotopic (exact) mass is 302 g/mol. The Hall–Kier alpha value is -1.76. The molecule has 1 aliphatic heterocycles. The maximum absolute atomic E-state index is 9.24. The van der Waals surface area contributed by atoms with Gasteiger partial charge in [0.2, 0.25) is 0 Å². The fourth-order valence-corrected chi connectivity index (χ4v) is 3.15. The van der Waals surface area contributed by atoms with E-state index in [1.807, 2.05) is 24.3 Å². The maximum atomic E-state index is 9.24. The molecule has 0 N–H and O–H groups in total. The summed E-state index contributed by atoms with van der Waals surface area (Å²) < 4.78 is 5.34. The van der Waals surface area contributed by atoms with Gasteiger partial charge in [0.25, 0.3) is 0 Å². The number of ether oxygens (including phenoxy) is 1. The molecule has 110 valence electrons. The molecule has 0 bridgehead atoms. The van der Waals surface area contributed by atoms with Crippen LogP contribution >= 0.6 is 12.4 Å². The maximum Gasteiger partial charge on any atom is 0.0998 e. The van der Waals surface area contributed by atoms with Crippen molar-refractivity contribution in [3.05, 3.63) is 42.0 Å². The van der Waals surface area contributed by atoms with Crippen molar-refractivity contribution in [1.82, 2.24) is 0 Å². The first-order valence-electron chi connectivity index (χ1n) is 7.02. The molecule has 21 heavy (non-hydrogen) atoms. The van der Waals surface area contributed by atoms with Gasteiger partial charge in [-0.15, -0.1) is 12.4 Å². The van der Waals surface area contributed by atoms with Gasteiger partial charge in [0, 0.05) is 30.1 Å². The van der Waals surface area contributed by atoms with Gasteiger partial charge in [0.15, 0.2) is 0 Å². The summed E-state index contributed by atoms with van der Waals surface area (Å²) in [5.74, 6) is 0. The lowest BCUT2D eigenvalue weighted by Gasteiger charge is -2.27. The van der Waals surface area contributed by atoms with Crippen LogP contribution in [0.2, 0.25) is 0 Å². The lowest BCUT2D eigenvalue weighted by molar-refractivity contribution is 0.181. The second-order valence-electron chi connectivity index (χ2n) is 5.23. The van der Waals surface area contributed by atoms with Crippen LogP contribution in [0.1, 0.15) is 18.4 Å². The van der Waals surface area contributed by atoms with Crippen molar-refractivity contribution in [2.45, 2.75) is 18.9 Å². The van der Waals surface area contributed by atoms with Crippen molar-refractivity contribution >= 4 is 28.9 Å². The summed E-state index contributed by atoms with van der Waals surface area (Å²) in [4.78, 5) is 2.42. The van der Waals surface area contributed by atoms with Crippen molar-refractivity contribution in [3.63, 3.8) is 0 Å². The predicted molar refractivity (Wildman–Crippen MR) is 88.2 cm³/mol. The van der Waals surface area contributed by atoms with Crippen LogP contribution in [0.25, 0.3) is 10.8 Å². The van der Waals surface area contributed by atoms with E-state index in [1.165, 1.54) is 18.5 Å². The molecule has 0 spiro atoms. The number of methoxy groups -OCH3 is 1. The van der Waals surface area contributed by atoms with Crippen molar-refractivity contribution < 1.29 is 4.74 Å². The molecule has 0 saturated carbocycles. The number of fused-ring (bicyclic) bond motifs is 1. The summed E-state index contributed by atoms with van der Waals surface area (Å²) in [6, 6.07) is 14.9. The third-order valence-corrected chi connectivity index (χ3v) is 4.07. The fraction of sp³-hybridized carbons (Fsp3) is 0.353. The summed E-state index contributed by atoms with van der Waals surface area (Å²) in [6.45, 7) is 1.82. The molecule has 4 heteroatoms. The summed E-state index contributed by atoms with van der Waals surface area (Å²) in [5, 5.41) is 11.4. The van der Waals surface area contributed by atoms with Gasteiger partial charge >= 0.3 is 0 Å². The van der Waals surface area contributed by atoms with Gasteiger partial charge in [-0.1, -0.05) is 24.3 Å². The Morgan fingerprint density at radius 3 is 2.71 bits per heavy atom. The highest BCUT2D eigenvalue weighted by molar-refractivity contribution is 5.98. The zero-order valence-corrected chi connectivity index (χ0v) is 12.9. The second kappa shape index (κ2) is 6.80. The van der Waals surface area contributed by atoms with Crippen molar-refractivity contribution in [1.29, 1.82) is 5.26 Å². The molecule has 1 heterocycles. The van der Waals surface area contributed by atoms with Crippen LogP contribution in [0.15, 0.2) is 36.4 Å². The van der Waals surface area contributed by atoms with Crippen molar-refractivity contribution in [2.75, 3.05) is 25.2 Å². The fourth-order valence-electron chi connectivity index (χ4n) is 3.15. The van der Waals surface area contributed by atoms with E-state index in [0.29, 0.717) is 6.04 Å². The van der Waals surface area contributed by atoms with Gasteiger partial charge in [0.1, 0.15) is 0 Å². The van der Waals surface area contributed by atoms with E-state index in [1.54, 1.807) is 7.11 Å². The van der Waals surface area contributed by atoms with Gasteiger partial charge in [-0.05, 0) is 25.0 Å². The molecule has 0 unspecified atom stereocenters. The SMILES string of the molecule is COC[C@H]1CCCN1c1ccc(C#N)c2ccccc12.Cl. The average molecular weight is 303 g/mol. The zero-order chi connectivity index (χ0) is 13.9. The van der Waals surface area contributed by atoms with E-state index < -0.39 is 0 Å². The molecule has 1 atom stereocenters. The topological polar surface area (TPSA) is 36.3 Å². The Labute approximate surface area is 131 Å². The molecule has 3 nitrogen and oxygen atoms in total. The second-order valence-corrected chi connectivity index (χ2v) is 5.23. The minimum absolute atomic E-state index is 0. The Morgan fingerprint density at radius 2 is 2.00 bits per heavy atom. The Balaban J connectivity index is 0.00000161. The molecular weight excluding hydrogens is 284 g/mol. The van der Waals surface area contributed by atoms with E-state index in [-0.39, 0.29) is 12.4 Å². The van der Waals surface area contributed by atoms with E-state index in [2.05, 4.69) is 23.1 Å². The third kappa shape index (κ3) is 2.83. The zero-order valence-electron chi connectivity index (χ0n) is 12.1. The molecule has 0 amide bonds. The van der Waals surface area contributed by atoms with Gasteiger partial charge in [-0.2, -0.15) is 5.26 Å². The largest absolute Gasteiger partial charge is 0.383 e. The minimum atomic E-state index is 0. The van der Waals surface area contributed by atoms with E-state index >= 15 is 0 Å². The average Bonchev–Trinajstić information content (AvgIpc) is 2.94. The smallest absolute Gasteiger partial charge is 0.0998 e. The third-order valence-electron chi connectivity index (χ3n) is 4.07. The van der Waals surface area contributed by atoms with Crippen LogP contribution in [0.5, 0.6) is 0 Å². The Bertz CT molecular complexity index is 665. The Morgan fingerprint density at radius 1 is 1.24 bits per heavy atom. The number of hydrogen-bond acceptors (Lipinski definition) is 3. The van der Waals surface area contributed by atoms with Gasteiger partial charge in [0.05, 0.1) is 24.3 Å². The highest BCUT2D eigenvalue weighted by atomic mass is 35.5. The Kier molecular flexibility index (Phi) is 5.06. The first-order valence-corrected chi connectivity index (χ1v) is 7.02. The summed E-state index contributed by atoms with van der Waals surface area (Å²) in [7, 11) is 1.76. The van der Waals surface area contributed by atoms with E-state index in [0.717, 1.165) is 29.5 Å². The summed E-state index contributed by atoms with van der Waals surface area (Å²) >= 11 is 0. The standard InChI is InChI=1S/C17H18N2O.ClH/c1-20-12-14-5-4-10-19(14)17-9-8-13(11-18)15-6-2-3-7-16(15)17;/h2-3,6-9,14H,4-5,10,12H2,1H3;1H/t14-;/m1./s1. The molecule has 0 radical (unpaired) electrons. The minimum Gasteiger partial charge on any atom is -0.383 e. The molecule has 1 aliphatic rings. The molecule has 2 aromatic carbocycles. The van der Waals surface area contributed by atoms with E-state index in [9.17, 15) is 5.26 Å². The van der Waals surface area contributed by atoms with Gasteiger partial charge in [-0.25, -0.2) is 0 Å². The highest BCUT2D eigenvalue weighted by Gasteiger charge is 2.26.